The second-order valence-corrected chi connectivity index (χ2v) is 19.3. The minimum atomic E-state index is -4.61. The SMILES string of the molecule is CC1(C)CCC(CN2CCN(c3ccc(C(=O)NS(=O)(=O)c4ccc(NCC5CN(CC#N)CCO5)c([N+](=O)[O-])c4)c(Oc4cnc5[nH]ccc5c4)c3)CC2)=C(c2ccc(Cl)cc2)C1. The van der Waals surface area contributed by atoms with Crippen molar-refractivity contribution in [3.8, 4) is 17.6 Å². The summed E-state index contributed by atoms with van der Waals surface area (Å²) in [4.78, 5) is 39.0. The number of morpholine rings is 1. The molecular weight excluding hydrogens is 858 g/mol. The number of allylic oxidation sites excluding steroid dienone is 1. The minimum Gasteiger partial charge on any atom is -0.455 e. The number of halogens is 1. The number of aromatic amines is 1. The standard InChI is InChI=1S/C46H50ClN9O7S/c1-46(2)13-11-33(40(26-46)31-3-5-34(47)6-4-31)29-54-17-19-55(20-18-54)35-7-9-39(43(24-35)63-36-23-32-12-15-49-44(32)51-27-36)45(57)52-64(60,61)38-8-10-41(42(25-38)56(58)59)50-28-37-30-53(16-14-48)21-22-62-37/h3-10,12,15,23-25,27,37,50H,11,13,16-22,26,28-30H2,1-2H3,(H,49,51)(H,52,57). The number of nitrogens with zero attached hydrogens (tertiary/aromatic N) is 6. The van der Waals surface area contributed by atoms with Crippen LogP contribution < -0.4 is 19.7 Å². The Labute approximate surface area is 377 Å². The third-order valence-electron chi connectivity index (χ3n) is 12.1. The fraction of sp³-hybridized carbons (Fsp3) is 0.370. The second kappa shape index (κ2) is 19.0. The zero-order chi connectivity index (χ0) is 45.0. The summed E-state index contributed by atoms with van der Waals surface area (Å²) >= 11 is 6.24. The van der Waals surface area contributed by atoms with E-state index >= 15 is 0 Å². The van der Waals surface area contributed by atoms with Gasteiger partial charge in [0, 0.05) is 86.8 Å². The summed E-state index contributed by atoms with van der Waals surface area (Å²) in [7, 11) is -4.61. The van der Waals surface area contributed by atoms with E-state index in [-0.39, 0.29) is 41.6 Å². The number of pyridine rings is 1. The zero-order valence-corrected chi connectivity index (χ0v) is 37.3. The number of H-pyrrole nitrogens is 1. The lowest BCUT2D eigenvalue weighted by Crippen LogP contribution is -2.47. The normalized spacial score (nSPS) is 18.4. The third kappa shape index (κ3) is 10.5. The van der Waals surface area contributed by atoms with Crippen molar-refractivity contribution in [2.24, 2.45) is 5.41 Å². The molecule has 3 aliphatic rings. The lowest BCUT2D eigenvalue weighted by atomic mass is 9.72. The van der Waals surface area contributed by atoms with Gasteiger partial charge >= 0.3 is 0 Å². The van der Waals surface area contributed by atoms with Crippen molar-refractivity contribution in [3.05, 3.63) is 117 Å². The highest BCUT2D eigenvalue weighted by molar-refractivity contribution is 7.90. The Morgan fingerprint density at radius 3 is 2.62 bits per heavy atom. The zero-order valence-electron chi connectivity index (χ0n) is 35.7. The molecule has 18 heteroatoms. The highest BCUT2D eigenvalue weighted by atomic mass is 35.5. The van der Waals surface area contributed by atoms with Gasteiger partial charge in [-0.2, -0.15) is 5.26 Å². The Bertz CT molecular complexity index is 2730. The molecule has 4 heterocycles. The number of aromatic nitrogens is 2. The average Bonchev–Trinajstić information content (AvgIpc) is 3.75. The van der Waals surface area contributed by atoms with Crippen molar-refractivity contribution in [2.75, 3.05) is 75.7 Å². The molecular formula is C46H50ClN9O7S. The average molecular weight is 908 g/mol. The van der Waals surface area contributed by atoms with Crippen molar-refractivity contribution >= 4 is 61.2 Å². The van der Waals surface area contributed by atoms with Gasteiger partial charge in [-0.05, 0) is 84.3 Å². The van der Waals surface area contributed by atoms with Crippen LogP contribution in [0.5, 0.6) is 11.5 Å². The van der Waals surface area contributed by atoms with Gasteiger partial charge in [0.25, 0.3) is 21.6 Å². The molecule has 1 amide bonds. The van der Waals surface area contributed by atoms with Crippen LogP contribution >= 0.6 is 11.6 Å². The van der Waals surface area contributed by atoms with E-state index in [1.807, 2.05) is 23.1 Å². The number of carbonyl (C=O) groups excluding carboxylic acids is 1. The summed E-state index contributed by atoms with van der Waals surface area (Å²) in [6.07, 6.45) is 6.09. The number of anilines is 2. The van der Waals surface area contributed by atoms with E-state index in [1.165, 1.54) is 41.1 Å². The van der Waals surface area contributed by atoms with Gasteiger partial charge in [0.2, 0.25) is 0 Å². The molecule has 16 nitrogen and oxygen atoms in total. The fourth-order valence-corrected chi connectivity index (χ4v) is 9.68. The summed E-state index contributed by atoms with van der Waals surface area (Å²) in [5.74, 6) is -0.541. The van der Waals surface area contributed by atoms with Crippen LogP contribution in [-0.2, 0) is 14.8 Å². The van der Waals surface area contributed by atoms with E-state index < -0.39 is 31.4 Å². The van der Waals surface area contributed by atoms with E-state index in [0.29, 0.717) is 44.2 Å². The van der Waals surface area contributed by atoms with Crippen molar-refractivity contribution in [3.63, 3.8) is 0 Å². The maximum atomic E-state index is 14.0. The van der Waals surface area contributed by atoms with Crippen LogP contribution in [0.3, 0.4) is 0 Å². The highest BCUT2D eigenvalue weighted by Gasteiger charge is 2.31. The van der Waals surface area contributed by atoms with Crippen LogP contribution in [0.2, 0.25) is 5.02 Å². The van der Waals surface area contributed by atoms with Gasteiger partial charge in [-0.15, -0.1) is 0 Å². The predicted molar refractivity (Wildman–Crippen MR) is 245 cm³/mol. The lowest BCUT2D eigenvalue weighted by Gasteiger charge is -2.39. The number of hydrogen-bond donors (Lipinski definition) is 3. The molecule has 1 aliphatic carbocycles. The van der Waals surface area contributed by atoms with Gasteiger partial charge in [0.05, 0.1) is 46.9 Å². The van der Waals surface area contributed by atoms with Gasteiger partial charge in [-0.3, -0.25) is 24.7 Å². The number of piperazine rings is 1. The van der Waals surface area contributed by atoms with Crippen LogP contribution in [0, 0.1) is 26.9 Å². The van der Waals surface area contributed by atoms with Gasteiger partial charge in [-0.1, -0.05) is 43.2 Å². The molecule has 3 N–H and O–H groups in total. The number of carbonyl (C=O) groups is 1. The number of nitriles is 1. The van der Waals surface area contributed by atoms with Crippen LogP contribution in [0.4, 0.5) is 17.1 Å². The summed E-state index contributed by atoms with van der Waals surface area (Å²) < 4.78 is 41.6. The summed E-state index contributed by atoms with van der Waals surface area (Å²) in [5, 5.41) is 25.7. The number of nitrogens with one attached hydrogen (secondary N) is 3. The number of amides is 1. The first-order chi connectivity index (χ1) is 30.7. The van der Waals surface area contributed by atoms with Gasteiger partial charge in [0.15, 0.2) is 0 Å². The molecule has 3 aromatic carbocycles. The monoisotopic (exact) mass is 907 g/mol. The van der Waals surface area contributed by atoms with Crippen molar-refractivity contribution in [2.45, 2.75) is 44.1 Å². The van der Waals surface area contributed by atoms with E-state index in [9.17, 15) is 23.3 Å². The minimum absolute atomic E-state index is 0.0623. The van der Waals surface area contributed by atoms with Crippen molar-refractivity contribution < 1.29 is 27.6 Å². The molecule has 334 valence electrons. The van der Waals surface area contributed by atoms with Gasteiger partial charge in [-0.25, -0.2) is 18.1 Å². The van der Waals surface area contributed by atoms with Crippen LogP contribution in [0.1, 0.15) is 49.0 Å². The Balaban J connectivity index is 0.991. The number of nitro benzene ring substituents is 1. The second-order valence-electron chi connectivity index (χ2n) is 17.2. The van der Waals surface area contributed by atoms with E-state index in [0.717, 1.165) is 61.1 Å². The quantitative estimate of drug-likeness (QED) is 0.0564. The van der Waals surface area contributed by atoms with E-state index in [2.05, 4.69) is 61.9 Å². The number of fused-ring (bicyclic) bond motifs is 1. The Morgan fingerprint density at radius 2 is 1.86 bits per heavy atom. The molecule has 64 heavy (non-hydrogen) atoms. The van der Waals surface area contributed by atoms with Gasteiger partial charge in [0.1, 0.15) is 22.8 Å². The Morgan fingerprint density at radius 1 is 1.06 bits per heavy atom. The lowest BCUT2D eigenvalue weighted by molar-refractivity contribution is -0.384. The molecule has 2 saturated heterocycles. The first kappa shape index (κ1) is 44.6. The molecule has 0 bridgehead atoms. The maximum absolute atomic E-state index is 14.0. The molecule has 5 aromatic rings. The first-order valence-electron chi connectivity index (χ1n) is 21.2. The summed E-state index contributed by atoms with van der Waals surface area (Å²) in [5.41, 5.74) is 5.26. The molecule has 2 aromatic heterocycles. The molecule has 2 fully saturated rings. The van der Waals surface area contributed by atoms with Crippen LogP contribution in [-0.4, -0.2) is 111 Å². The Hall–Kier alpha value is -6.03. The number of nitro groups is 1. The summed E-state index contributed by atoms with van der Waals surface area (Å²) in [6, 6.07) is 22.3. The smallest absolute Gasteiger partial charge is 0.293 e. The largest absolute Gasteiger partial charge is 0.455 e. The fourth-order valence-electron chi connectivity index (χ4n) is 8.57. The van der Waals surface area contributed by atoms with Crippen molar-refractivity contribution in [1.82, 2.24) is 24.5 Å². The van der Waals surface area contributed by atoms with E-state index in [4.69, 9.17) is 26.3 Å². The number of benzene rings is 3. The molecule has 8 rings (SSSR count). The molecule has 2 aliphatic heterocycles. The maximum Gasteiger partial charge on any atom is 0.293 e. The van der Waals surface area contributed by atoms with Crippen LogP contribution in [0.25, 0.3) is 16.6 Å². The number of rotatable bonds is 14. The highest BCUT2D eigenvalue weighted by Crippen LogP contribution is 2.43. The third-order valence-corrected chi connectivity index (χ3v) is 13.7. The number of ether oxygens (including phenoxy) is 2. The summed E-state index contributed by atoms with van der Waals surface area (Å²) in [6.45, 7) is 10.5. The van der Waals surface area contributed by atoms with Crippen LogP contribution in [0.15, 0.2) is 95.7 Å². The first-order valence-corrected chi connectivity index (χ1v) is 23.1. The number of sulfonamides is 1. The molecule has 1 unspecified atom stereocenters. The topological polar surface area (TPSA) is 199 Å². The Kier molecular flexibility index (Phi) is 13.2. The van der Waals surface area contributed by atoms with E-state index in [1.54, 1.807) is 24.4 Å². The molecule has 0 spiro atoms. The van der Waals surface area contributed by atoms with Crippen molar-refractivity contribution in [1.29, 1.82) is 5.26 Å². The number of hydrogen-bond acceptors (Lipinski definition) is 13. The molecule has 0 saturated carbocycles. The predicted octanol–water partition coefficient (Wildman–Crippen LogP) is 7.46. The van der Waals surface area contributed by atoms with Gasteiger partial charge < -0.3 is 24.7 Å². The molecule has 1 atom stereocenters. The molecule has 0 radical (unpaired) electrons.